The molecule has 1 aliphatic rings. The predicted molar refractivity (Wildman–Crippen MR) is 94.6 cm³/mol. The maximum absolute atomic E-state index is 12.4. The summed E-state index contributed by atoms with van der Waals surface area (Å²) in [7, 11) is 0. The van der Waals surface area contributed by atoms with Crippen LogP contribution < -0.4 is 0 Å². The van der Waals surface area contributed by atoms with Gasteiger partial charge < -0.3 is 10.0 Å². The van der Waals surface area contributed by atoms with Crippen molar-refractivity contribution in [2.24, 2.45) is 5.92 Å². The van der Waals surface area contributed by atoms with E-state index in [2.05, 4.69) is 23.8 Å². The van der Waals surface area contributed by atoms with Crippen molar-refractivity contribution >= 4 is 45.2 Å². The van der Waals surface area contributed by atoms with Gasteiger partial charge in [-0.3, -0.25) is 9.59 Å². The highest BCUT2D eigenvalue weighted by Crippen LogP contribution is 2.34. The van der Waals surface area contributed by atoms with E-state index in [-0.39, 0.29) is 11.8 Å². The highest BCUT2D eigenvalue weighted by molar-refractivity contribution is 8.00. The van der Waals surface area contributed by atoms with Crippen LogP contribution in [0.4, 0.5) is 0 Å². The van der Waals surface area contributed by atoms with E-state index in [9.17, 15) is 9.59 Å². The maximum atomic E-state index is 12.4. The van der Waals surface area contributed by atoms with Gasteiger partial charge >= 0.3 is 5.97 Å². The normalized spacial score (nSPS) is 15.8. The van der Waals surface area contributed by atoms with Crippen molar-refractivity contribution in [2.75, 3.05) is 18.8 Å². The first kappa shape index (κ1) is 17.2. The van der Waals surface area contributed by atoms with Gasteiger partial charge in [0.2, 0.25) is 5.91 Å². The molecule has 3 rings (SSSR count). The van der Waals surface area contributed by atoms with Gasteiger partial charge in [0.1, 0.15) is 16.2 Å². The Morgan fingerprint density at radius 3 is 2.71 bits per heavy atom. The topological polar surface area (TPSA) is 83.4 Å². The molecule has 0 aromatic carbocycles. The predicted octanol–water partition coefficient (Wildman–Crippen LogP) is 2.72. The lowest BCUT2D eigenvalue weighted by molar-refractivity contribution is -0.145. The number of aromatic nitrogens is 2. The van der Waals surface area contributed by atoms with Crippen LogP contribution in [0, 0.1) is 19.8 Å². The standard InChI is InChI=1S/C16H19N3O3S2/c1-9-10(2)24-15-13(9)14(17-8-18-15)23-7-12(20)19-5-3-11(4-6-19)16(21)22/h8,11H,3-7H2,1-2H3,(H,21,22). The Bertz CT molecular complexity index is 782. The minimum atomic E-state index is -0.761. The molecule has 0 atom stereocenters. The van der Waals surface area contributed by atoms with Gasteiger partial charge in [0.05, 0.1) is 11.7 Å². The molecule has 1 aliphatic heterocycles. The minimum absolute atomic E-state index is 0.0419. The minimum Gasteiger partial charge on any atom is -0.481 e. The molecule has 0 saturated carbocycles. The van der Waals surface area contributed by atoms with Crippen LogP contribution in [0.3, 0.4) is 0 Å². The SMILES string of the molecule is Cc1sc2ncnc(SCC(=O)N3CCC(C(=O)O)CC3)c2c1C. The number of aryl methyl sites for hydroxylation is 2. The number of aliphatic carboxylic acids is 1. The summed E-state index contributed by atoms with van der Waals surface area (Å²) in [6.45, 7) is 5.16. The third-order valence-electron chi connectivity index (χ3n) is 4.46. The molecule has 24 heavy (non-hydrogen) atoms. The van der Waals surface area contributed by atoms with Crippen LogP contribution in [-0.4, -0.2) is 50.7 Å². The molecular weight excluding hydrogens is 346 g/mol. The quantitative estimate of drug-likeness (QED) is 0.662. The lowest BCUT2D eigenvalue weighted by Crippen LogP contribution is -2.41. The first-order valence-corrected chi connectivity index (χ1v) is 9.61. The molecule has 8 heteroatoms. The van der Waals surface area contributed by atoms with E-state index < -0.39 is 5.97 Å². The van der Waals surface area contributed by atoms with Crippen molar-refractivity contribution in [2.45, 2.75) is 31.7 Å². The monoisotopic (exact) mass is 365 g/mol. The molecule has 2 aromatic rings. The molecule has 0 radical (unpaired) electrons. The number of piperidine rings is 1. The van der Waals surface area contributed by atoms with Crippen molar-refractivity contribution < 1.29 is 14.7 Å². The third-order valence-corrected chi connectivity index (χ3v) is 6.55. The summed E-state index contributed by atoms with van der Waals surface area (Å²) in [6, 6.07) is 0. The van der Waals surface area contributed by atoms with Crippen molar-refractivity contribution in [3.63, 3.8) is 0 Å². The highest BCUT2D eigenvalue weighted by Gasteiger charge is 2.27. The molecule has 3 heterocycles. The zero-order chi connectivity index (χ0) is 17.3. The van der Waals surface area contributed by atoms with Gasteiger partial charge in [-0.1, -0.05) is 11.8 Å². The molecule has 2 aromatic heterocycles. The average Bonchev–Trinajstić information content (AvgIpc) is 2.88. The Hall–Kier alpha value is -1.67. The first-order chi connectivity index (χ1) is 11.5. The Balaban J connectivity index is 1.64. The van der Waals surface area contributed by atoms with E-state index in [1.807, 2.05) is 0 Å². The lowest BCUT2D eigenvalue weighted by Gasteiger charge is -2.30. The number of thioether (sulfide) groups is 1. The highest BCUT2D eigenvalue weighted by atomic mass is 32.2. The smallest absolute Gasteiger partial charge is 0.306 e. The number of carboxylic acids is 1. The summed E-state index contributed by atoms with van der Waals surface area (Å²) in [6.07, 6.45) is 2.61. The van der Waals surface area contributed by atoms with Crippen LogP contribution in [0.1, 0.15) is 23.3 Å². The summed E-state index contributed by atoms with van der Waals surface area (Å²) in [5.41, 5.74) is 1.17. The molecule has 128 valence electrons. The zero-order valence-electron chi connectivity index (χ0n) is 13.6. The Morgan fingerprint density at radius 2 is 2.04 bits per heavy atom. The van der Waals surface area contributed by atoms with Gasteiger partial charge in [0, 0.05) is 23.4 Å². The fraction of sp³-hybridized carbons (Fsp3) is 0.500. The fourth-order valence-corrected chi connectivity index (χ4v) is 4.88. The van der Waals surface area contributed by atoms with E-state index in [1.165, 1.54) is 22.2 Å². The van der Waals surface area contributed by atoms with Crippen LogP contribution >= 0.6 is 23.1 Å². The van der Waals surface area contributed by atoms with Crippen LogP contribution in [-0.2, 0) is 9.59 Å². The summed E-state index contributed by atoms with van der Waals surface area (Å²) < 4.78 is 0. The number of hydrogen-bond donors (Lipinski definition) is 1. The molecule has 0 aliphatic carbocycles. The van der Waals surface area contributed by atoms with Gasteiger partial charge in [-0.2, -0.15) is 0 Å². The van der Waals surface area contributed by atoms with Crippen molar-refractivity contribution in [1.29, 1.82) is 0 Å². The van der Waals surface area contributed by atoms with Crippen molar-refractivity contribution in [3.05, 3.63) is 16.8 Å². The number of rotatable bonds is 4. The van der Waals surface area contributed by atoms with Crippen LogP contribution in [0.2, 0.25) is 0 Å². The molecule has 1 fully saturated rings. The first-order valence-electron chi connectivity index (χ1n) is 7.81. The van der Waals surface area contributed by atoms with Gasteiger partial charge in [-0.15, -0.1) is 11.3 Å². The summed E-state index contributed by atoms with van der Waals surface area (Å²) >= 11 is 3.08. The second-order valence-electron chi connectivity index (χ2n) is 5.92. The van der Waals surface area contributed by atoms with E-state index in [0.717, 1.165) is 15.2 Å². The van der Waals surface area contributed by atoms with E-state index >= 15 is 0 Å². The largest absolute Gasteiger partial charge is 0.481 e. The van der Waals surface area contributed by atoms with E-state index in [1.54, 1.807) is 22.6 Å². The Labute approximate surface area is 148 Å². The number of carbonyl (C=O) groups is 2. The molecule has 6 nitrogen and oxygen atoms in total. The Morgan fingerprint density at radius 1 is 1.33 bits per heavy atom. The number of fused-ring (bicyclic) bond motifs is 1. The zero-order valence-corrected chi connectivity index (χ0v) is 15.2. The number of hydrogen-bond acceptors (Lipinski definition) is 6. The summed E-state index contributed by atoms with van der Waals surface area (Å²) in [5.74, 6) is -0.721. The van der Waals surface area contributed by atoms with Gasteiger partial charge in [0.15, 0.2) is 0 Å². The maximum Gasteiger partial charge on any atom is 0.306 e. The summed E-state index contributed by atoms with van der Waals surface area (Å²) in [5, 5.41) is 10.9. The number of nitrogens with zero attached hydrogens (tertiary/aromatic N) is 3. The third kappa shape index (κ3) is 3.39. The molecule has 1 saturated heterocycles. The molecule has 0 bridgehead atoms. The fourth-order valence-electron chi connectivity index (χ4n) is 2.86. The number of carbonyl (C=O) groups excluding carboxylic acids is 1. The lowest BCUT2D eigenvalue weighted by atomic mass is 9.97. The second kappa shape index (κ2) is 7.06. The number of thiophene rings is 1. The summed E-state index contributed by atoms with van der Waals surface area (Å²) in [4.78, 5) is 36.0. The van der Waals surface area contributed by atoms with Gasteiger partial charge in [-0.25, -0.2) is 9.97 Å². The van der Waals surface area contributed by atoms with Crippen molar-refractivity contribution in [1.82, 2.24) is 14.9 Å². The van der Waals surface area contributed by atoms with E-state index in [4.69, 9.17) is 5.11 Å². The van der Waals surface area contributed by atoms with Crippen LogP contribution in [0.5, 0.6) is 0 Å². The number of likely N-dealkylation sites (tertiary alicyclic amines) is 1. The van der Waals surface area contributed by atoms with Gasteiger partial charge in [0.25, 0.3) is 0 Å². The second-order valence-corrected chi connectivity index (χ2v) is 8.09. The molecular formula is C16H19N3O3S2. The number of carboxylic acid groups (broad SMARTS) is 1. The van der Waals surface area contributed by atoms with Crippen LogP contribution in [0.25, 0.3) is 10.2 Å². The molecule has 1 amide bonds. The van der Waals surface area contributed by atoms with E-state index in [0.29, 0.717) is 31.7 Å². The average molecular weight is 365 g/mol. The van der Waals surface area contributed by atoms with Crippen molar-refractivity contribution in [3.8, 4) is 0 Å². The van der Waals surface area contributed by atoms with Gasteiger partial charge in [-0.05, 0) is 32.3 Å². The molecule has 0 spiro atoms. The molecule has 1 N–H and O–H groups in total. The Kier molecular flexibility index (Phi) is 5.05. The molecule has 0 unspecified atom stereocenters. The number of amides is 1. The van der Waals surface area contributed by atoms with Crippen LogP contribution in [0.15, 0.2) is 11.4 Å².